The van der Waals surface area contributed by atoms with Crippen molar-refractivity contribution in [2.45, 2.75) is 378 Å². The molecule has 56 heteroatoms. The number of hydrogen-bond acceptors (Lipinski definition) is 32. The van der Waals surface area contributed by atoms with Crippen LogP contribution in [0, 0.1) is 29.6 Å². The molecule has 0 aromatic carbocycles. The number of carboxylic acid groups (broad SMARTS) is 3. The highest BCUT2D eigenvalue weighted by atomic mass is 16.4. The van der Waals surface area contributed by atoms with Crippen LogP contribution in [0.2, 0.25) is 0 Å². The Morgan fingerprint density at radius 3 is 1.03 bits per heavy atom. The van der Waals surface area contributed by atoms with Crippen LogP contribution in [0.1, 0.15) is 227 Å². The van der Waals surface area contributed by atoms with E-state index in [-0.39, 0.29) is 114 Å². The van der Waals surface area contributed by atoms with Crippen molar-refractivity contribution in [2.75, 3.05) is 26.2 Å². The van der Waals surface area contributed by atoms with Crippen LogP contribution in [-0.4, -0.2) is 375 Å². The van der Waals surface area contributed by atoms with Gasteiger partial charge in [-0.1, -0.05) is 75.7 Å². The third-order valence-electron chi connectivity index (χ3n) is 24.1. The molecule has 2 aliphatic heterocycles. The molecule has 0 aromatic heterocycles. The molecule has 2 heterocycles. The number of amides is 21. The summed E-state index contributed by atoms with van der Waals surface area (Å²) in [6, 6.07) is -34.3. The number of aliphatic carboxylic acids is 3. The summed E-state index contributed by atoms with van der Waals surface area (Å²) in [5.41, 5.74) is 22.3. The topological polar surface area (TPSA) is 907 Å². The maximum Gasteiger partial charge on any atom is 0.326 e. The summed E-state index contributed by atoms with van der Waals surface area (Å²) in [5.74, 6) is -30.3. The van der Waals surface area contributed by atoms with Crippen molar-refractivity contribution in [3.05, 3.63) is 0 Å². The van der Waals surface area contributed by atoms with E-state index in [0.717, 1.165) is 51.3 Å². The van der Waals surface area contributed by atoms with E-state index in [1.807, 2.05) is 0 Å². The Morgan fingerprint density at radius 2 is 0.635 bits per heavy atom. The first-order chi connectivity index (χ1) is 68.8. The van der Waals surface area contributed by atoms with Crippen LogP contribution in [0.5, 0.6) is 0 Å². The fourth-order valence-corrected chi connectivity index (χ4v) is 15.8. The van der Waals surface area contributed by atoms with E-state index in [1.54, 1.807) is 62.3 Å². The summed E-state index contributed by atoms with van der Waals surface area (Å²) in [4.78, 5) is 328. The molecule has 2 saturated heterocycles. The number of primary amides is 2. The Labute approximate surface area is 856 Å². The number of nitrogens with one attached hydrogen (secondary N) is 17. The van der Waals surface area contributed by atoms with Gasteiger partial charge in [0, 0.05) is 19.5 Å². The molecule has 148 heavy (non-hydrogen) atoms. The molecule has 21 amide bonds. The molecule has 56 nitrogen and oxygen atoms in total. The number of aliphatic hydroxyl groups is 6. The molecule has 34 N–H and O–H groups in total. The van der Waals surface area contributed by atoms with Crippen LogP contribution in [0.15, 0.2) is 0 Å². The zero-order chi connectivity index (χ0) is 113. The van der Waals surface area contributed by atoms with E-state index in [2.05, 4.69) is 90.4 Å². The van der Waals surface area contributed by atoms with Gasteiger partial charge in [0.15, 0.2) is 0 Å². The molecule has 26 atom stereocenters. The number of unbranched alkanes of at least 4 members (excludes halogenated alkanes) is 1. The van der Waals surface area contributed by atoms with E-state index in [1.165, 1.54) is 13.8 Å². The predicted octanol–water partition coefficient (Wildman–Crippen LogP) is -11.0. The van der Waals surface area contributed by atoms with E-state index < -0.39 is 337 Å². The molecule has 2 aliphatic rings. The number of aliphatic hydroxyl groups excluding tert-OH is 6. The van der Waals surface area contributed by atoms with Crippen molar-refractivity contribution in [1.29, 1.82) is 0 Å². The summed E-state index contributed by atoms with van der Waals surface area (Å²) in [7, 11) is 0. The molecular formula is C92H157N23O33. The average molecular weight is 2110 g/mol. The van der Waals surface area contributed by atoms with Crippen molar-refractivity contribution in [3.8, 4) is 0 Å². The number of carbonyl (C=O) groups excluding carboxylic acids is 21. The summed E-state index contributed by atoms with van der Waals surface area (Å²) in [6.45, 7) is 22.6. The maximum atomic E-state index is 14.6. The second-order valence-corrected chi connectivity index (χ2v) is 39.2. The molecule has 0 unspecified atom stereocenters. The summed E-state index contributed by atoms with van der Waals surface area (Å²) < 4.78 is 0. The van der Waals surface area contributed by atoms with Crippen LogP contribution in [0.4, 0.5) is 0 Å². The molecular weight excluding hydrogens is 1960 g/mol. The minimum absolute atomic E-state index is 0.0212. The minimum Gasteiger partial charge on any atom is -0.481 e. The fraction of sp³-hybridized carbons (Fsp3) is 0.739. The Hall–Kier alpha value is -13.0. The van der Waals surface area contributed by atoms with Gasteiger partial charge in [-0.2, -0.15) is 0 Å². The van der Waals surface area contributed by atoms with E-state index in [9.17, 15) is 161 Å². The SMILES string of the molecule is CC[C@H](C)[C@H](NC(=O)[C@H](C)NC(=O)[C@H](CC(=O)O)NC(=O)[C@@H](N)CC(C)C)C(=O)N[C@H](C(=O)N[C@H](C(=O)N1CCC[C@H]1C(=O)N[C@@H](CC(=O)O)C(=O)N1CCC[C@H]1C(=O)N[C@H](C(=O)N[C@H](C(=O)N[C@@H](CC(N)=O)C(=O)N[C@@H](C)C(=O)N[C@@H](CO)C(=O)N[C@@H](CC(C)C)C(=O)N[C@@H](CC(C)C)C(=O)N[C@H](C(=O)N[C@@H](CCCCN)C(=O)N[C@@H](CC(C)C)C(=O)N[C@@H](CCC(N)=O)C(=O)O)[C@@H](C)O)[C@@H](C)O)[C@@H](C)O)[C@@H](C)O)[C@@H](C)O. The van der Waals surface area contributed by atoms with E-state index in [4.69, 9.17) is 22.9 Å². The zero-order valence-electron chi connectivity index (χ0n) is 86.7. The molecule has 2 rings (SSSR count). The summed E-state index contributed by atoms with van der Waals surface area (Å²) >= 11 is 0. The maximum absolute atomic E-state index is 14.6. The van der Waals surface area contributed by atoms with Crippen LogP contribution in [-0.2, 0) is 115 Å². The van der Waals surface area contributed by atoms with Gasteiger partial charge in [-0.3, -0.25) is 110 Å². The molecule has 2 fully saturated rings. The third kappa shape index (κ3) is 44.2. The van der Waals surface area contributed by atoms with Crippen LogP contribution < -0.4 is 113 Å². The Kier molecular flexibility index (Phi) is 56.3. The lowest BCUT2D eigenvalue weighted by atomic mass is 9.97. The molecule has 0 saturated carbocycles. The quantitative estimate of drug-likeness (QED) is 0.0251. The molecule has 0 bridgehead atoms. The van der Waals surface area contributed by atoms with E-state index in [0.29, 0.717) is 6.42 Å². The summed E-state index contributed by atoms with van der Waals surface area (Å²) in [5, 5.41) is 134. The average Bonchev–Trinajstić information content (AvgIpc) is 1.65. The van der Waals surface area contributed by atoms with Gasteiger partial charge in [0.25, 0.3) is 0 Å². The van der Waals surface area contributed by atoms with Crippen LogP contribution in [0.25, 0.3) is 0 Å². The monoisotopic (exact) mass is 2110 g/mol. The van der Waals surface area contributed by atoms with Crippen LogP contribution >= 0.6 is 0 Å². The Morgan fingerprint density at radius 1 is 0.318 bits per heavy atom. The van der Waals surface area contributed by atoms with Gasteiger partial charge in [-0.25, -0.2) is 4.79 Å². The van der Waals surface area contributed by atoms with Gasteiger partial charge in [0.1, 0.15) is 115 Å². The first-order valence-electron chi connectivity index (χ1n) is 49.3. The lowest BCUT2D eigenvalue weighted by molar-refractivity contribution is -0.148. The highest BCUT2D eigenvalue weighted by Gasteiger charge is 2.48. The number of rotatable bonds is 66. The number of hydrogen-bond donors (Lipinski definition) is 30. The van der Waals surface area contributed by atoms with Crippen LogP contribution in [0.3, 0.4) is 0 Å². The van der Waals surface area contributed by atoms with Gasteiger partial charge < -0.3 is 169 Å². The zero-order valence-corrected chi connectivity index (χ0v) is 86.7. The largest absolute Gasteiger partial charge is 0.481 e. The van der Waals surface area contributed by atoms with E-state index >= 15 is 0 Å². The number of nitrogens with two attached hydrogens (primary N) is 4. The Balaban J connectivity index is 2.35. The molecule has 838 valence electrons. The van der Waals surface area contributed by atoms with Gasteiger partial charge >= 0.3 is 17.9 Å². The van der Waals surface area contributed by atoms with Crippen molar-refractivity contribution >= 4 is 142 Å². The third-order valence-corrected chi connectivity index (χ3v) is 24.1. The van der Waals surface area contributed by atoms with Crippen molar-refractivity contribution in [2.24, 2.45) is 52.5 Å². The smallest absolute Gasteiger partial charge is 0.326 e. The Bertz CT molecular complexity index is 4600. The molecule has 0 radical (unpaired) electrons. The molecule has 0 spiro atoms. The van der Waals surface area contributed by atoms with Gasteiger partial charge in [0.2, 0.25) is 124 Å². The number of nitrogens with zero attached hydrogens (tertiary/aromatic N) is 2. The molecule has 0 aromatic rings. The summed E-state index contributed by atoms with van der Waals surface area (Å²) in [6.07, 6.45) is -12.8. The first kappa shape index (κ1) is 131. The lowest BCUT2D eigenvalue weighted by Gasteiger charge is -2.33. The second-order valence-electron chi connectivity index (χ2n) is 39.2. The lowest BCUT2D eigenvalue weighted by Crippen LogP contribution is -2.64. The fourth-order valence-electron chi connectivity index (χ4n) is 15.8. The first-order valence-corrected chi connectivity index (χ1v) is 49.3. The normalized spacial score (nSPS) is 18.4. The second kappa shape index (κ2) is 63.6. The van der Waals surface area contributed by atoms with Crippen molar-refractivity contribution in [1.82, 2.24) is 100 Å². The predicted molar refractivity (Wildman–Crippen MR) is 522 cm³/mol. The van der Waals surface area contributed by atoms with Gasteiger partial charge in [-0.05, 0) is 162 Å². The van der Waals surface area contributed by atoms with Gasteiger partial charge in [0.05, 0.1) is 62.4 Å². The number of likely N-dealkylation sites (tertiary alicyclic amines) is 2. The standard InChI is InChI=1S/C92H157N23O33/c1-18-43(10)67(108-74(129)45(12)98-78(133)58(36-65(124)125)101-75(130)51(94)31-39(2)3)85(140)111-71(49(16)120)89(144)113-72(50(17)121)91(146)115-30-22-24-61(115)83(138)106-59(37-66(126)127)90(145)114-29-21-25-62(114)84(139)110-70(48(15)119)88(143)112-69(47(14)118)87(142)105-57(35-64(96)123)77(132)97-44(11)73(128)107-60(38-116)82(137)104-55(33-41(6)7)80(135)103-56(34-42(8)9)81(136)109-68(46(13)117)86(141)99-52(23-19-20-28-93)76(131)102-54(32-40(4)5)79(134)100-53(92(147)148)26-27-63(95)122/h39-62,67-72,116-121H,18-38,93-94H2,1-17H3,(H2,95,122)(H2,96,123)(H,97,132)(H,98,133)(H,99,141)(H,100,134)(H,101,130)(H,102,131)(H,103,135)(H,104,137)(H,105,142)(H,106,138)(H,107,128)(H,108,129)(H,109,136)(H,110,139)(H,111,140)(H,112,143)(H,113,144)(H,124,125)(H,126,127)(H,147,148)/t43-,44-,45-,46+,47+,48+,49+,50+,51-,52-,53-,54-,55-,56-,57-,58-,59-,60-,61-,62-,67-,68-,69-,70-,71-,72-/m0/s1. The highest BCUT2D eigenvalue weighted by Crippen LogP contribution is 2.25. The van der Waals surface area contributed by atoms with Crippen molar-refractivity contribution in [3.63, 3.8) is 0 Å². The van der Waals surface area contributed by atoms with Crippen molar-refractivity contribution < 1.29 is 161 Å². The molecule has 0 aliphatic carbocycles. The van der Waals surface area contributed by atoms with Gasteiger partial charge in [-0.15, -0.1) is 0 Å². The minimum atomic E-state index is -2.15. The number of carboxylic acids is 3. The highest BCUT2D eigenvalue weighted by molar-refractivity contribution is 6.04. The number of carbonyl (C=O) groups is 24.